The molecule has 0 fully saturated rings. The first-order valence-corrected chi connectivity index (χ1v) is 24.1. The molecule has 1 amide bonds. The average molecular weight is 806 g/mol. The quantitative estimate of drug-likeness (QED) is 0.0264. The van der Waals surface area contributed by atoms with Gasteiger partial charge in [0, 0.05) is 12.8 Å². The van der Waals surface area contributed by atoms with E-state index in [9.17, 15) is 34.1 Å². The van der Waals surface area contributed by atoms with E-state index in [-0.39, 0.29) is 12.8 Å². The minimum Gasteiger partial charge on any atom is -0.480 e. The Labute approximate surface area is 335 Å². The highest BCUT2D eigenvalue weighted by molar-refractivity contribution is 7.47. The molecule has 11 nitrogen and oxygen atoms in total. The highest BCUT2D eigenvalue weighted by Gasteiger charge is 2.28. The van der Waals surface area contributed by atoms with Crippen molar-refractivity contribution in [2.45, 2.75) is 238 Å². The molecule has 0 aromatic carbocycles. The second kappa shape index (κ2) is 39.3. The van der Waals surface area contributed by atoms with Crippen LogP contribution < -0.4 is 5.32 Å². The Bertz CT molecular complexity index is 952. The van der Waals surface area contributed by atoms with Crippen LogP contribution in [-0.4, -0.2) is 64.9 Å². The van der Waals surface area contributed by atoms with Crippen molar-refractivity contribution in [3.8, 4) is 0 Å². The van der Waals surface area contributed by atoms with E-state index in [4.69, 9.17) is 13.8 Å². The maximum atomic E-state index is 12.3. The van der Waals surface area contributed by atoms with Crippen LogP contribution in [0.2, 0.25) is 0 Å². The van der Waals surface area contributed by atoms with Crippen LogP contribution in [0, 0.1) is 0 Å². The number of aliphatic hydroxyl groups excluding tert-OH is 1. The molecule has 0 aliphatic rings. The van der Waals surface area contributed by atoms with Crippen LogP contribution in [0.1, 0.15) is 226 Å². The van der Waals surface area contributed by atoms with Crippen molar-refractivity contribution in [1.29, 1.82) is 0 Å². The van der Waals surface area contributed by atoms with E-state index in [1.807, 2.05) is 0 Å². The number of esters is 1. The van der Waals surface area contributed by atoms with Crippen molar-refractivity contribution in [3.05, 3.63) is 0 Å². The van der Waals surface area contributed by atoms with E-state index in [1.54, 1.807) is 0 Å². The number of ether oxygens (including phenoxy) is 1. The first-order chi connectivity index (χ1) is 26.6. The van der Waals surface area contributed by atoms with Crippen molar-refractivity contribution >= 4 is 25.7 Å². The SMILES string of the molecule is CCCCCCCCCCCCCCCCCCCCCCCCCCC(=O)NC(COP(=O)(O)OCC(O)COC(=O)CCCCCCCCC)C(=O)O. The fraction of sp³-hybridized carbons (Fsp3) is 0.930. The maximum absolute atomic E-state index is 12.3. The molecule has 326 valence electrons. The zero-order valence-corrected chi connectivity index (χ0v) is 36.2. The van der Waals surface area contributed by atoms with Gasteiger partial charge in [-0.1, -0.05) is 200 Å². The van der Waals surface area contributed by atoms with Gasteiger partial charge in [0.1, 0.15) is 12.7 Å². The monoisotopic (exact) mass is 806 g/mol. The minimum atomic E-state index is -4.74. The Balaban J connectivity index is 3.76. The van der Waals surface area contributed by atoms with Crippen LogP contribution >= 0.6 is 7.82 Å². The number of aliphatic hydroxyl groups is 1. The molecule has 0 bridgehead atoms. The number of phosphoric acid groups is 1. The summed E-state index contributed by atoms with van der Waals surface area (Å²) in [5, 5.41) is 21.7. The molecule has 3 atom stereocenters. The van der Waals surface area contributed by atoms with Crippen LogP contribution in [0.25, 0.3) is 0 Å². The van der Waals surface area contributed by atoms with E-state index >= 15 is 0 Å². The lowest BCUT2D eigenvalue weighted by Crippen LogP contribution is -2.43. The number of aliphatic carboxylic acids is 1. The number of rotatable bonds is 43. The first kappa shape index (κ1) is 53.5. The lowest BCUT2D eigenvalue weighted by atomic mass is 10.0. The number of carboxylic acid groups (broad SMARTS) is 1. The predicted molar refractivity (Wildman–Crippen MR) is 222 cm³/mol. The molecule has 55 heavy (non-hydrogen) atoms. The number of hydrogen-bond acceptors (Lipinski definition) is 8. The Kier molecular flexibility index (Phi) is 38.2. The molecule has 0 radical (unpaired) electrons. The fourth-order valence-corrected chi connectivity index (χ4v) is 7.38. The van der Waals surface area contributed by atoms with Gasteiger partial charge in [0.05, 0.1) is 13.2 Å². The highest BCUT2D eigenvalue weighted by Crippen LogP contribution is 2.43. The summed E-state index contributed by atoms with van der Waals surface area (Å²) >= 11 is 0. The Hall–Kier alpha value is -1.52. The van der Waals surface area contributed by atoms with E-state index in [2.05, 4.69) is 19.2 Å². The number of carboxylic acids is 1. The molecule has 3 unspecified atom stereocenters. The van der Waals surface area contributed by atoms with Crippen molar-refractivity contribution in [1.82, 2.24) is 5.32 Å². The molecule has 0 rings (SSSR count). The number of carbonyl (C=O) groups excluding carboxylic acids is 2. The van der Waals surface area contributed by atoms with E-state index < -0.39 is 57.6 Å². The zero-order chi connectivity index (χ0) is 40.7. The number of unbranched alkanes of at least 4 members (excludes halogenated alkanes) is 29. The predicted octanol–water partition coefficient (Wildman–Crippen LogP) is 11.5. The lowest BCUT2D eigenvalue weighted by Gasteiger charge is -2.18. The zero-order valence-electron chi connectivity index (χ0n) is 35.3. The van der Waals surface area contributed by atoms with Crippen molar-refractivity contribution in [2.24, 2.45) is 0 Å². The van der Waals surface area contributed by atoms with E-state index in [1.165, 1.54) is 148 Å². The largest absolute Gasteiger partial charge is 0.480 e. The van der Waals surface area contributed by atoms with Crippen molar-refractivity contribution in [2.75, 3.05) is 19.8 Å². The van der Waals surface area contributed by atoms with E-state index in [0.717, 1.165) is 38.5 Å². The lowest BCUT2D eigenvalue weighted by molar-refractivity contribution is -0.147. The Morgan fingerprint density at radius 2 is 0.836 bits per heavy atom. The van der Waals surface area contributed by atoms with Gasteiger partial charge >= 0.3 is 19.8 Å². The van der Waals surface area contributed by atoms with Gasteiger partial charge in [-0.25, -0.2) is 9.36 Å². The summed E-state index contributed by atoms with van der Waals surface area (Å²) < 4.78 is 26.7. The minimum absolute atomic E-state index is 0.153. The van der Waals surface area contributed by atoms with Gasteiger partial charge in [0.15, 0.2) is 6.04 Å². The second-order valence-electron chi connectivity index (χ2n) is 15.6. The third kappa shape index (κ3) is 39.1. The molecule has 0 aliphatic heterocycles. The first-order valence-electron chi connectivity index (χ1n) is 22.6. The normalized spacial score (nSPS) is 13.7. The Morgan fingerprint density at radius 3 is 1.20 bits per heavy atom. The van der Waals surface area contributed by atoms with Gasteiger partial charge in [-0.2, -0.15) is 0 Å². The molecule has 0 aromatic heterocycles. The van der Waals surface area contributed by atoms with Gasteiger partial charge in [-0.15, -0.1) is 0 Å². The van der Waals surface area contributed by atoms with Crippen LogP contribution in [-0.2, 0) is 32.7 Å². The van der Waals surface area contributed by atoms with E-state index in [0.29, 0.717) is 12.8 Å². The number of hydrogen-bond donors (Lipinski definition) is 4. The number of phosphoric ester groups is 1. The summed E-state index contributed by atoms with van der Waals surface area (Å²) in [7, 11) is -4.74. The summed E-state index contributed by atoms with van der Waals surface area (Å²) in [6, 6.07) is -1.54. The van der Waals surface area contributed by atoms with Crippen molar-refractivity contribution < 1.29 is 47.8 Å². The number of amides is 1. The van der Waals surface area contributed by atoms with Crippen molar-refractivity contribution in [3.63, 3.8) is 0 Å². The molecule has 0 aliphatic carbocycles. The molecule has 0 saturated carbocycles. The summed E-state index contributed by atoms with van der Waals surface area (Å²) in [6.45, 7) is 2.56. The molecule has 0 saturated heterocycles. The molecular formula is C43H84NO10P. The topological polar surface area (TPSA) is 169 Å². The second-order valence-corrected chi connectivity index (χ2v) is 17.1. The summed E-state index contributed by atoms with van der Waals surface area (Å²) in [5.74, 6) is -2.36. The van der Waals surface area contributed by atoms with Crippen LogP contribution in [0.3, 0.4) is 0 Å². The number of carbonyl (C=O) groups is 3. The molecule has 12 heteroatoms. The van der Waals surface area contributed by atoms with Gasteiger partial charge < -0.3 is 25.2 Å². The third-order valence-corrected chi connectivity index (χ3v) is 11.1. The van der Waals surface area contributed by atoms with Gasteiger partial charge in [-0.3, -0.25) is 18.6 Å². The smallest absolute Gasteiger partial charge is 0.472 e. The highest BCUT2D eigenvalue weighted by atomic mass is 31.2. The Morgan fingerprint density at radius 1 is 0.509 bits per heavy atom. The fourth-order valence-electron chi connectivity index (χ4n) is 6.61. The standard InChI is InChI=1S/C43H84NO10P/c1-3-5-7-9-11-12-13-14-15-16-17-18-19-20-21-22-23-24-25-26-27-29-30-32-34-41(46)44-40(43(48)49)38-54-55(50,51)53-37-39(45)36-52-42(47)35-33-31-28-10-8-6-4-2/h39-40,45H,3-38H2,1-2H3,(H,44,46)(H,48,49)(H,50,51). The maximum Gasteiger partial charge on any atom is 0.472 e. The van der Waals surface area contributed by atoms with Crippen LogP contribution in [0.4, 0.5) is 0 Å². The molecular weight excluding hydrogens is 721 g/mol. The summed E-state index contributed by atoms with van der Waals surface area (Å²) in [4.78, 5) is 45.7. The molecule has 0 heterocycles. The third-order valence-electron chi connectivity index (χ3n) is 10.1. The van der Waals surface area contributed by atoms with Gasteiger partial charge in [0.2, 0.25) is 5.91 Å². The number of nitrogens with one attached hydrogen (secondary N) is 1. The average Bonchev–Trinajstić information content (AvgIpc) is 3.16. The van der Waals surface area contributed by atoms with Gasteiger partial charge in [0.25, 0.3) is 0 Å². The molecule has 0 aromatic rings. The summed E-state index contributed by atoms with van der Waals surface area (Å²) in [6.07, 6.45) is 37.4. The molecule has 4 N–H and O–H groups in total. The van der Waals surface area contributed by atoms with Crippen LogP contribution in [0.15, 0.2) is 0 Å². The summed E-state index contributed by atoms with van der Waals surface area (Å²) in [5.41, 5.74) is 0. The van der Waals surface area contributed by atoms with Gasteiger partial charge in [-0.05, 0) is 12.8 Å². The molecule has 0 spiro atoms. The van der Waals surface area contributed by atoms with Crippen LogP contribution in [0.5, 0.6) is 0 Å².